The molecule has 0 bridgehead atoms. The summed E-state index contributed by atoms with van der Waals surface area (Å²) >= 11 is 0. The highest BCUT2D eigenvalue weighted by molar-refractivity contribution is 7.93. The lowest BCUT2D eigenvalue weighted by molar-refractivity contribution is -0.116. The zero-order valence-corrected chi connectivity index (χ0v) is 14.4. The molecule has 1 heterocycles. The second-order valence-corrected chi connectivity index (χ2v) is 7.76. The molecule has 1 aliphatic heterocycles. The van der Waals surface area contributed by atoms with Gasteiger partial charge in [-0.15, -0.1) is 0 Å². The van der Waals surface area contributed by atoms with Gasteiger partial charge in [0.25, 0.3) is 10.0 Å². The average molecular weight is 352 g/mol. The summed E-state index contributed by atoms with van der Waals surface area (Å²) in [6.07, 6.45) is 0. The van der Waals surface area contributed by atoms with Gasteiger partial charge in [-0.1, -0.05) is 42.5 Å². The quantitative estimate of drug-likeness (QED) is 0.728. The first-order valence-corrected chi connectivity index (χ1v) is 9.30. The van der Waals surface area contributed by atoms with Gasteiger partial charge in [-0.05, 0) is 29.7 Å². The van der Waals surface area contributed by atoms with E-state index in [2.05, 4.69) is 0 Å². The molecule has 0 aromatic heterocycles. The van der Waals surface area contributed by atoms with E-state index in [9.17, 15) is 13.2 Å². The number of sulfonamides is 1. The molecule has 3 aromatic rings. The summed E-state index contributed by atoms with van der Waals surface area (Å²) in [5.74, 6) is -0.292. The molecule has 1 aliphatic rings. The molecule has 0 saturated heterocycles. The number of hydrogen-bond acceptors (Lipinski definition) is 3. The molecule has 0 fully saturated rings. The third kappa shape index (κ3) is 2.37. The fourth-order valence-electron chi connectivity index (χ4n) is 3.15. The van der Waals surface area contributed by atoms with E-state index in [0.717, 1.165) is 11.1 Å². The van der Waals surface area contributed by atoms with Crippen LogP contribution in [0.25, 0.3) is 10.8 Å². The third-order valence-corrected chi connectivity index (χ3v) is 6.28. The predicted molar refractivity (Wildman–Crippen MR) is 98.3 cm³/mol. The molecule has 0 spiro atoms. The summed E-state index contributed by atoms with van der Waals surface area (Å²) in [7, 11) is -2.08. The van der Waals surface area contributed by atoms with E-state index in [4.69, 9.17) is 0 Å². The normalized spacial score (nSPS) is 14.7. The molecule has 0 saturated carbocycles. The van der Waals surface area contributed by atoms with Crippen molar-refractivity contribution in [3.8, 4) is 0 Å². The minimum atomic E-state index is -3.72. The van der Waals surface area contributed by atoms with E-state index in [1.807, 2.05) is 42.5 Å². The fourth-order valence-corrected chi connectivity index (χ4v) is 4.81. The van der Waals surface area contributed by atoms with Crippen LogP contribution in [0.2, 0.25) is 0 Å². The van der Waals surface area contributed by atoms with Gasteiger partial charge >= 0.3 is 0 Å². The highest BCUT2D eigenvalue weighted by Crippen LogP contribution is 2.41. The van der Waals surface area contributed by atoms with E-state index in [0.29, 0.717) is 11.1 Å². The van der Waals surface area contributed by atoms with Crippen LogP contribution in [-0.4, -0.2) is 27.9 Å². The van der Waals surface area contributed by atoms with Crippen LogP contribution in [0.1, 0.15) is 0 Å². The number of benzene rings is 3. The zero-order chi connectivity index (χ0) is 17.6. The Morgan fingerprint density at radius 3 is 2.36 bits per heavy atom. The molecular weight excluding hydrogens is 336 g/mol. The number of carbonyl (C=O) groups is 1. The minimum Gasteiger partial charge on any atom is -0.314 e. The molecule has 5 nitrogen and oxygen atoms in total. The molecule has 0 unspecified atom stereocenters. The molecular formula is C19H16N2O3S. The SMILES string of the molecule is CN(C(=O)CN1c2cccc3cccc(c23)S1(=O)=O)c1ccccc1. The highest BCUT2D eigenvalue weighted by Gasteiger charge is 2.37. The maximum atomic E-state index is 12.9. The van der Waals surface area contributed by atoms with Gasteiger partial charge in [0.2, 0.25) is 5.91 Å². The van der Waals surface area contributed by atoms with Crippen molar-refractivity contribution in [1.29, 1.82) is 0 Å². The predicted octanol–water partition coefficient (Wildman–Crippen LogP) is 3.01. The summed E-state index contributed by atoms with van der Waals surface area (Å²) in [4.78, 5) is 14.4. The Morgan fingerprint density at radius 2 is 1.64 bits per heavy atom. The summed E-state index contributed by atoms with van der Waals surface area (Å²) in [5, 5.41) is 1.53. The van der Waals surface area contributed by atoms with Crippen LogP contribution in [0.5, 0.6) is 0 Å². The number of para-hydroxylation sites is 1. The van der Waals surface area contributed by atoms with Crippen molar-refractivity contribution in [2.75, 3.05) is 22.8 Å². The van der Waals surface area contributed by atoms with E-state index >= 15 is 0 Å². The van der Waals surface area contributed by atoms with Crippen LogP contribution < -0.4 is 9.21 Å². The van der Waals surface area contributed by atoms with E-state index < -0.39 is 10.0 Å². The Morgan fingerprint density at radius 1 is 0.960 bits per heavy atom. The fraction of sp³-hybridized carbons (Fsp3) is 0.105. The van der Waals surface area contributed by atoms with Crippen LogP contribution in [0.15, 0.2) is 71.6 Å². The molecule has 1 amide bonds. The molecule has 0 aliphatic carbocycles. The van der Waals surface area contributed by atoms with Gasteiger partial charge in [0.1, 0.15) is 6.54 Å². The zero-order valence-electron chi connectivity index (χ0n) is 13.6. The van der Waals surface area contributed by atoms with Crippen molar-refractivity contribution in [3.05, 3.63) is 66.7 Å². The molecule has 0 radical (unpaired) electrons. The number of anilines is 2. The summed E-state index contributed by atoms with van der Waals surface area (Å²) < 4.78 is 27.0. The highest BCUT2D eigenvalue weighted by atomic mass is 32.2. The second kappa shape index (κ2) is 5.60. The molecule has 3 aromatic carbocycles. The number of nitrogens with zero attached hydrogens (tertiary/aromatic N) is 2. The van der Waals surface area contributed by atoms with Crippen molar-refractivity contribution in [2.24, 2.45) is 0 Å². The van der Waals surface area contributed by atoms with E-state index in [1.165, 1.54) is 9.21 Å². The van der Waals surface area contributed by atoms with Crippen molar-refractivity contribution in [3.63, 3.8) is 0 Å². The number of rotatable bonds is 3. The summed E-state index contributed by atoms with van der Waals surface area (Å²) in [6, 6.07) is 19.8. The van der Waals surface area contributed by atoms with Crippen LogP contribution in [0.4, 0.5) is 11.4 Å². The Hall–Kier alpha value is -2.86. The smallest absolute Gasteiger partial charge is 0.265 e. The second-order valence-electron chi connectivity index (χ2n) is 5.93. The van der Waals surface area contributed by atoms with Crippen LogP contribution in [0, 0.1) is 0 Å². The molecule has 0 N–H and O–H groups in total. The summed E-state index contributed by atoms with van der Waals surface area (Å²) in [5.41, 5.74) is 1.28. The first-order valence-electron chi connectivity index (χ1n) is 7.86. The molecule has 6 heteroatoms. The summed E-state index contributed by atoms with van der Waals surface area (Å²) in [6.45, 7) is -0.235. The lowest BCUT2D eigenvalue weighted by Crippen LogP contribution is -2.40. The minimum absolute atomic E-state index is 0.235. The Labute approximate surface area is 146 Å². The average Bonchev–Trinajstić information content (AvgIpc) is 2.85. The third-order valence-electron chi connectivity index (χ3n) is 4.48. The lowest BCUT2D eigenvalue weighted by Gasteiger charge is -2.23. The largest absolute Gasteiger partial charge is 0.314 e. The molecule has 25 heavy (non-hydrogen) atoms. The van der Waals surface area contributed by atoms with Crippen molar-refractivity contribution in [1.82, 2.24) is 0 Å². The lowest BCUT2D eigenvalue weighted by atomic mass is 10.1. The van der Waals surface area contributed by atoms with Gasteiger partial charge in [-0.2, -0.15) is 0 Å². The monoisotopic (exact) mass is 352 g/mol. The maximum Gasteiger partial charge on any atom is 0.265 e. The van der Waals surface area contributed by atoms with Gasteiger partial charge < -0.3 is 4.90 Å². The Kier molecular flexibility index (Phi) is 3.51. The maximum absolute atomic E-state index is 12.9. The molecule has 126 valence electrons. The van der Waals surface area contributed by atoms with Crippen molar-refractivity contribution < 1.29 is 13.2 Å². The number of hydrogen-bond donors (Lipinski definition) is 0. The van der Waals surface area contributed by atoms with Gasteiger partial charge in [0.15, 0.2) is 0 Å². The van der Waals surface area contributed by atoms with Crippen LogP contribution >= 0.6 is 0 Å². The van der Waals surface area contributed by atoms with Gasteiger partial charge in [-0.3, -0.25) is 9.10 Å². The van der Waals surface area contributed by atoms with Crippen LogP contribution in [-0.2, 0) is 14.8 Å². The van der Waals surface area contributed by atoms with Gasteiger partial charge in [-0.25, -0.2) is 8.42 Å². The van der Waals surface area contributed by atoms with Crippen molar-refractivity contribution in [2.45, 2.75) is 4.90 Å². The van der Waals surface area contributed by atoms with E-state index in [1.54, 1.807) is 31.3 Å². The van der Waals surface area contributed by atoms with E-state index in [-0.39, 0.29) is 17.3 Å². The Balaban J connectivity index is 1.73. The molecule has 4 rings (SSSR count). The van der Waals surface area contributed by atoms with Crippen LogP contribution in [0.3, 0.4) is 0 Å². The van der Waals surface area contributed by atoms with Gasteiger partial charge in [0.05, 0.1) is 10.6 Å². The first-order chi connectivity index (χ1) is 12.0. The van der Waals surface area contributed by atoms with Gasteiger partial charge in [0, 0.05) is 18.1 Å². The standard InChI is InChI=1S/C19H16N2O3S/c1-20(15-9-3-2-4-10-15)18(22)13-21-16-11-5-7-14-8-6-12-17(19(14)16)25(21,23)24/h2-12H,13H2,1H3. The number of amides is 1. The number of likely N-dealkylation sites (N-methyl/N-ethyl adjacent to an activating group) is 1. The first kappa shape index (κ1) is 15.7. The Bertz CT molecular complexity index is 1070. The number of carbonyl (C=O) groups excluding carboxylic acids is 1. The van der Waals surface area contributed by atoms with Crippen molar-refractivity contribution >= 4 is 38.1 Å². The topological polar surface area (TPSA) is 57.7 Å². The molecule has 0 atom stereocenters.